The summed E-state index contributed by atoms with van der Waals surface area (Å²) in [5.74, 6) is 4.91. The van der Waals surface area contributed by atoms with E-state index in [-0.39, 0.29) is 17.8 Å². The molecule has 45 heavy (non-hydrogen) atoms. The van der Waals surface area contributed by atoms with E-state index in [1.54, 1.807) is 64.0 Å². The fourth-order valence-corrected chi connectivity index (χ4v) is 5.89. The van der Waals surface area contributed by atoms with Crippen molar-refractivity contribution in [2.75, 3.05) is 64.0 Å². The molecule has 0 fully saturated rings. The van der Waals surface area contributed by atoms with Gasteiger partial charge in [-0.05, 0) is 31.0 Å². The fraction of sp³-hybridized carbons (Fsp3) is 0.389. The maximum Gasteiger partial charge on any atom is 0.164 e. The summed E-state index contributed by atoms with van der Waals surface area (Å²) in [5.41, 5.74) is 3.65. The molecule has 0 bridgehead atoms. The highest BCUT2D eigenvalue weighted by Gasteiger charge is 2.33. The molecule has 0 heterocycles. The Morgan fingerprint density at radius 3 is 1.29 bits per heavy atom. The van der Waals surface area contributed by atoms with E-state index in [1.165, 1.54) is 0 Å². The Morgan fingerprint density at radius 2 is 0.867 bits per heavy atom. The Bertz CT molecular complexity index is 1490. The number of benzene rings is 3. The predicted molar refractivity (Wildman–Crippen MR) is 177 cm³/mol. The van der Waals surface area contributed by atoms with Crippen LogP contribution >= 0.6 is 0 Å². The molecule has 0 radical (unpaired) electrons. The van der Waals surface area contributed by atoms with Crippen LogP contribution in [0.1, 0.15) is 42.4 Å². The first-order chi connectivity index (χ1) is 21.7. The number of hydrogen-bond donors (Lipinski definition) is 0. The van der Waals surface area contributed by atoms with Crippen molar-refractivity contribution in [1.29, 1.82) is 0 Å². The van der Waals surface area contributed by atoms with E-state index in [0.29, 0.717) is 51.7 Å². The van der Waals surface area contributed by atoms with Crippen molar-refractivity contribution in [2.24, 2.45) is 5.92 Å². The first-order valence-electron chi connectivity index (χ1n) is 14.4. The van der Waals surface area contributed by atoms with Crippen LogP contribution in [0.2, 0.25) is 0 Å². The zero-order valence-electron chi connectivity index (χ0n) is 28.2. The lowest BCUT2D eigenvalue weighted by Gasteiger charge is -2.33. The minimum absolute atomic E-state index is 0.0936. The van der Waals surface area contributed by atoms with Gasteiger partial charge < -0.3 is 42.6 Å². The minimum atomic E-state index is -0.224. The summed E-state index contributed by atoms with van der Waals surface area (Å²) < 4.78 is 51.2. The summed E-state index contributed by atoms with van der Waals surface area (Å²) in [7, 11) is 14.5. The van der Waals surface area contributed by atoms with Crippen LogP contribution in [0.3, 0.4) is 0 Å². The van der Waals surface area contributed by atoms with Crippen LogP contribution in [0.15, 0.2) is 54.6 Å². The normalized spacial score (nSPS) is 13.2. The van der Waals surface area contributed by atoms with Crippen LogP contribution in [-0.4, -0.2) is 64.0 Å². The third-order valence-electron chi connectivity index (χ3n) is 8.12. The molecule has 3 atom stereocenters. The molecule has 9 nitrogen and oxygen atoms in total. The van der Waals surface area contributed by atoms with Crippen molar-refractivity contribution in [1.82, 2.24) is 0 Å². The zero-order chi connectivity index (χ0) is 33.3. The van der Waals surface area contributed by atoms with Crippen molar-refractivity contribution in [3.63, 3.8) is 0 Å². The molecule has 0 N–H and O–H groups in total. The zero-order valence-corrected chi connectivity index (χ0v) is 28.2. The summed E-state index contributed by atoms with van der Waals surface area (Å²) in [6.07, 6.45) is 4.02. The second-order valence-electron chi connectivity index (χ2n) is 10.3. The molecule has 0 aliphatic rings. The van der Waals surface area contributed by atoms with Gasteiger partial charge in [0.2, 0.25) is 0 Å². The van der Waals surface area contributed by atoms with E-state index in [0.717, 1.165) is 22.3 Å². The molecular weight excluding hydrogens is 576 g/mol. The second-order valence-corrected chi connectivity index (χ2v) is 10.3. The van der Waals surface area contributed by atoms with Crippen LogP contribution in [0.5, 0.6) is 51.7 Å². The minimum Gasteiger partial charge on any atom is -0.496 e. The number of hydrogen-bond acceptors (Lipinski definition) is 9. The molecule has 0 aromatic heterocycles. The molecule has 0 aliphatic carbocycles. The predicted octanol–water partition coefficient (Wildman–Crippen LogP) is 7.56. The van der Waals surface area contributed by atoms with E-state index in [9.17, 15) is 0 Å². The standard InChI is InChI=1S/C36H46O9/c1-13-24(25-16-31(41-8)34(44-11)19-28(25)38-5)22(3)36(26-17-32(42-9)35(45-12)20-29(26)39-6)21(2)14-23-15-30(40-7)33(43-10)18-27(23)37-4/h13-20,22,24,36H,1H2,2-12H3/b21-14+/t22-,24+,36+/m0/s1. The van der Waals surface area contributed by atoms with Crippen LogP contribution in [0.4, 0.5) is 0 Å². The Kier molecular flexibility index (Phi) is 12.3. The largest absolute Gasteiger partial charge is 0.496 e. The molecule has 0 saturated carbocycles. The molecule has 0 saturated heterocycles. The van der Waals surface area contributed by atoms with Crippen LogP contribution < -0.4 is 42.6 Å². The highest BCUT2D eigenvalue weighted by Crippen LogP contribution is 2.50. The van der Waals surface area contributed by atoms with Gasteiger partial charge in [-0.3, -0.25) is 0 Å². The SMILES string of the molecule is C=C[C@@H](c1cc(OC)c(OC)cc1OC)[C@H](C)[C@@H](/C(C)=C/c1cc(OC)c(OC)cc1OC)c1cc(OC)c(OC)cc1OC. The van der Waals surface area contributed by atoms with Crippen molar-refractivity contribution >= 4 is 6.08 Å². The van der Waals surface area contributed by atoms with Gasteiger partial charge >= 0.3 is 0 Å². The molecule has 3 rings (SSSR count). The molecule has 9 heteroatoms. The lowest BCUT2D eigenvalue weighted by Crippen LogP contribution is -2.20. The van der Waals surface area contributed by atoms with Crippen molar-refractivity contribution in [2.45, 2.75) is 25.7 Å². The van der Waals surface area contributed by atoms with Gasteiger partial charge in [-0.25, -0.2) is 0 Å². The monoisotopic (exact) mass is 622 g/mol. The van der Waals surface area contributed by atoms with Gasteiger partial charge in [-0.2, -0.15) is 0 Å². The first kappa shape index (κ1) is 34.8. The molecular formula is C36H46O9. The number of ether oxygens (including phenoxy) is 9. The maximum absolute atomic E-state index is 5.95. The van der Waals surface area contributed by atoms with Gasteiger partial charge in [0, 0.05) is 46.7 Å². The third kappa shape index (κ3) is 7.19. The van der Waals surface area contributed by atoms with Gasteiger partial charge in [0.25, 0.3) is 0 Å². The third-order valence-corrected chi connectivity index (χ3v) is 8.12. The van der Waals surface area contributed by atoms with Crippen LogP contribution in [0.25, 0.3) is 6.08 Å². The van der Waals surface area contributed by atoms with E-state index >= 15 is 0 Å². The number of methoxy groups -OCH3 is 9. The molecule has 0 spiro atoms. The number of allylic oxidation sites excluding steroid dienone is 2. The maximum atomic E-state index is 5.95. The van der Waals surface area contributed by atoms with Crippen molar-refractivity contribution in [3.8, 4) is 51.7 Å². The molecule has 3 aromatic rings. The molecule has 0 aliphatic heterocycles. The molecule has 244 valence electrons. The summed E-state index contributed by atoms with van der Waals surface area (Å²) in [5, 5.41) is 0. The quantitative estimate of drug-likeness (QED) is 0.150. The summed E-state index contributed by atoms with van der Waals surface area (Å²) >= 11 is 0. The van der Waals surface area contributed by atoms with Gasteiger partial charge in [0.1, 0.15) is 17.2 Å². The average Bonchev–Trinajstić information content (AvgIpc) is 3.07. The van der Waals surface area contributed by atoms with Crippen molar-refractivity contribution < 1.29 is 42.6 Å². The van der Waals surface area contributed by atoms with Crippen LogP contribution in [0, 0.1) is 5.92 Å². The Hall–Kier alpha value is -4.66. The Labute approximate surface area is 267 Å². The van der Waals surface area contributed by atoms with E-state index in [1.807, 2.05) is 42.5 Å². The molecule has 0 amide bonds. The Balaban J connectivity index is 2.36. The van der Waals surface area contributed by atoms with Gasteiger partial charge in [-0.1, -0.05) is 24.6 Å². The fourth-order valence-electron chi connectivity index (χ4n) is 5.89. The lowest BCUT2D eigenvalue weighted by molar-refractivity contribution is 0.340. The molecule has 3 aromatic carbocycles. The lowest BCUT2D eigenvalue weighted by atomic mass is 9.72. The number of rotatable bonds is 16. The van der Waals surface area contributed by atoms with Gasteiger partial charge in [0.15, 0.2) is 34.5 Å². The van der Waals surface area contributed by atoms with E-state index in [2.05, 4.69) is 26.5 Å². The van der Waals surface area contributed by atoms with E-state index < -0.39 is 0 Å². The average molecular weight is 623 g/mol. The smallest absolute Gasteiger partial charge is 0.164 e. The van der Waals surface area contributed by atoms with Crippen molar-refractivity contribution in [3.05, 3.63) is 71.3 Å². The summed E-state index contributed by atoms with van der Waals surface area (Å²) in [4.78, 5) is 0. The summed E-state index contributed by atoms with van der Waals surface area (Å²) in [6, 6.07) is 11.3. The second kappa shape index (κ2) is 15.9. The van der Waals surface area contributed by atoms with Gasteiger partial charge in [-0.15, -0.1) is 6.58 Å². The first-order valence-corrected chi connectivity index (χ1v) is 14.4. The topological polar surface area (TPSA) is 83.1 Å². The van der Waals surface area contributed by atoms with Gasteiger partial charge in [0.05, 0.1) is 64.0 Å². The Morgan fingerprint density at radius 1 is 0.511 bits per heavy atom. The molecule has 0 unspecified atom stereocenters. The highest BCUT2D eigenvalue weighted by atomic mass is 16.5. The summed E-state index contributed by atoms with van der Waals surface area (Å²) in [6.45, 7) is 8.51. The highest BCUT2D eigenvalue weighted by molar-refractivity contribution is 5.67. The van der Waals surface area contributed by atoms with Crippen LogP contribution in [-0.2, 0) is 0 Å². The van der Waals surface area contributed by atoms with E-state index in [4.69, 9.17) is 42.6 Å².